The molecule has 1 atom stereocenters. The number of hydrogen-bond acceptors (Lipinski definition) is 3. The first-order valence-electron chi connectivity index (χ1n) is 8.91. The van der Waals surface area contributed by atoms with E-state index in [-0.39, 0.29) is 36.6 Å². The first kappa shape index (κ1) is 20.6. The van der Waals surface area contributed by atoms with Crippen LogP contribution in [-0.4, -0.2) is 43.9 Å². The van der Waals surface area contributed by atoms with Gasteiger partial charge in [-0.05, 0) is 50.3 Å². The summed E-state index contributed by atoms with van der Waals surface area (Å²) in [5.41, 5.74) is 2.43. The van der Waals surface area contributed by atoms with Crippen molar-refractivity contribution in [1.82, 2.24) is 15.5 Å². The van der Waals surface area contributed by atoms with E-state index in [4.69, 9.17) is 0 Å². The highest BCUT2D eigenvalue weighted by Crippen LogP contribution is 2.17. The van der Waals surface area contributed by atoms with Gasteiger partial charge in [0.15, 0.2) is 0 Å². The van der Waals surface area contributed by atoms with Gasteiger partial charge in [0.2, 0.25) is 5.91 Å². The maximum Gasteiger partial charge on any atom is 0.251 e. The van der Waals surface area contributed by atoms with Crippen molar-refractivity contribution in [2.75, 3.05) is 27.2 Å². The van der Waals surface area contributed by atoms with Gasteiger partial charge >= 0.3 is 0 Å². The van der Waals surface area contributed by atoms with Crippen molar-refractivity contribution in [1.29, 1.82) is 0 Å². The van der Waals surface area contributed by atoms with Crippen molar-refractivity contribution in [3.8, 4) is 0 Å². The highest BCUT2D eigenvalue weighted by Gasteiger charge is 2.15. The molecule has 2 aromatic rings. The Kier molecular flexibility index (Phi) is 7.49. The van der Waals surface area contributed by atoms with Crippen LogP contribution in [0.2, 0.25) is 0 Å². The van der Waals surface area contributed by atoms with Crippen molar-refractivity contribution < 1.29 is 14.0 Å². The van der Waals surface area contributed by atoms with Crippen LogP contribution in [0.5, 0.6) is 0 Å². The van der Waals surface area contributed by atoms with Gasteiger partial charge in [-0.2, -0.15) is 0 Å². The minimum atomic E-state index is -0.287. The summed E-state index contributed by atoms with van der Waals surface area (Å²) in [5.74, 6) is -0.614. The lowest BCUT2D eigenvalue weighted by Crippen LogP contribution is -2.36. The molecule has 0 spiro atoms. The SMILES string of the molecule is Cc1ccccc1C(=O)NCCC(=O)NCC(c1ccc(F)cc1)N(C)C. The fourth-order valence-electron chi connectivity index (χ4n) is 2.79. The van der Waals surface area contributed by atoms with Crippen molar-refractivity contribution in [2.24, 2.45) is 0 Å². The van der Waals surface area contributed by atoms with E-state index in [2.05, 4.69) is 10.6 Å². The number of nitrogens with zero attached hydrogens (tertiary/aromatic N) is 1. The monoisotopic (exact) mass is 371 g/mol. The summed E-state index contributed by atoms with van der Waals surface area (Å²) in [4.78, 5) is 26.2. The van der Waals surface area contributed by atoms with E-state index >= 15 is 0 Å². The first-order chi connectivity index (χ1) is 12.9. The standard InChI is InChI=1S/C21H26FN3O2/c1-15-6-4-5-7-18(15)21(27)23-13-12-20(26)24-14-19(25(2)3)16-8-10-17(22)11-9-16/h4-11,19H,12-14H2,1-3H3,(H,23,27)(H,24,26). The molecule has 1 unspecified atom stereocenters. The second kappa shape index (κ2) is 9.83. The molecule has 0 radical (unpaired) electrons. The Morgan fingerprint density at radius 2 is 1.70 bits per heavy atom. The maximum atomic E-state index is 13.1. The summed E-state index contributed by atoms with van der Waals surface area (Å²) in [6.07, 6.45) is 0.196. The van der Waals surface area contributed by atoms with Crippen molar-refractivity contribution >= 4 is 11.8 Å². The van der Waals surface area contributed by atoms with Crippen LogP contribution < -0.4 is 10.6 Å². The fraction of sp³-hybridized carbons (Fsp3) is 0.333. The third-order valence-corrected chi connectivity index (χ3v) is 4.40. The zero-order chi connectivity index (χ0) is 19.8. The largest absolute Gasteiger partial charge is 0.354 e. The maximum absolute atomic E-state index is 13.1. The Bertz CT molecular complexity index is 775. The third-order valence-electron chi connectivity index (χ3n) is 4.40. The van der Waals surface area contributed by atoms with Crippen LogP contribution in [0.1, 0.15) is 33.9 Å². The fourth-order valence-corrected chi connectivity index (χ4v) is 2.79. The number of amides is 2. The molecule has 0 aliphatic rings. The molecule has 0 fully saturated rings. The molecule has 2 amide bonds. The number of likely N-dealkylation sites (N-methyl/N-ethyl adjacent to an activating group) is 1. The molecule has 5 nitrogen and oxygen atoms in total. The van der Waals surface area contributed by atoms with Crippen LogP contribution in [0.4, 0.5) is 4.39 Å². The lowest BCUT2D eigenvalue weighted by atomic mass is 10.1. The molecule has 0 saturated carbocycles. The van der Waals surface area contributed by atoms with Crippen LogP contribution in [0.25, 0.3) is 0 Å². The van der Waals surface area contributed by atoms with Gasteiger partial charge in [0, 0.05) is 25.1 Å². The Morgan fingerprint density at radius 1 is 1.04 bits per heavy atom. The Labute approximate surface area is 159 Å². The van der Waals surface area contributed by atoms with Crippen molar-refractivity contribution in [3.05, 3.63) is 71.0 Å². The molecular formula is C21H26FN3O2. The summed E-state index contributed by atoms with van der Waals surface area (Å²) < 4.78 is 13.1. The van der Waals surface area contributed by atoms with Gasteiger partial charge in [-0.15, -0.1) is 0 Å². The predicted molar refractivity (Wildman–Crippen MR) is 104 cm³/mol. The Morgan fingerprint density at radius 3 is 2.33 bits per heavy atom. The number of benzene rings is 2. The first-order valence-corrected chi connectivity index (χ1v) is 8.91. The molecule has 0 heterocycles. The number of halogens is 1. The third kappa shape index (κ3) is 6.18. The summed E-state index contributed by atoms with van der Waals surface area (Å²) in [5, 5.41) is 5.64. The zero-order valence-corrected chi connectivity index (χ0v) is 16.0. The average Bonchev–Trinajstić information content (AvgIpc) is 2.63. The molecule has 2 N–H and O–H groups in total. The van der Waals surface area contributed by atoms with Crippen LogP contribution in [0.3, 0.4) is 0 Å². The highest BCUT2D eigenvalue weighted by molar-refractivity contribution is 5.95. The number of carbonyl (C=O) groups is 2. The molecule has 0 saturated heterocycles. The van der Waals surface area contributed by atoms with Gasteiger partial charge in [-0.3, -0.25) is 9.59 Å². The number of rotatable bonds is 8. The molecule has 6 heteroatoms. The van der Waals surface area contributed by atoms with Crippen LogP contribution in [0.15, 0.2) is 48.5 Å². The van der Waals surface area contributed by atoms with Gasteiger partial charge < -0.3 is 15.5 Å². The molecular weight excluding hydrogens is 345 g/mol. The smallest absolute Gasteiger partial charge is 0.251 e. The molecule has 2 rings (SSSR count). The summed E-state index contributed by atoms with van der Waals surface area (Å²) >= 11 is 0. The number of nitrogens with one attached hydrogen (secondary N) is 2. The van der Waals surface area contributed by atoms with Crippen LogP contribution in [-0.2, 0) is 4.79 Å². The van der Waals surface area contributed by atoms with Gasteiger partial charge in [0.25, 0.3) is 5.91 Å². The average molecular weight is 371 g/mol. The second-order valence-corrected chi connectivity index (χ2v) is 6.66. The van der Waals surface area contributed by atoms with Gasteiger partial charge in [0.1, 0.15) is 5.82 Å². The summed E-state index contributed by atoms with van der Waals surface area (Å²) in [6, 6.07) is 13.5. The van der Waals surface area contributed by atoms with Crippen LogP contribution in [0, 0.1) is 12.7 Å². The molecule has 27 heavy (non-hydrogen) atoms. The van der Waals surface area contributed by atoms with E-state index in [1.807, 2.05) is 44.1 Å². The molecule has 0 aliphatic heterocycles. The van der Waals surface area contributed by atoms with Crippen LogP contribution >= 0.6 is 0 Å². The number of aryl methyl sites for hydroxylation is 1. The van der Waals surface area contributed by atoms with E-state index < -0.39 is 0 Å². The quantitative estimate of drug-likeness (QED) is 0.750. The van der Waals surface area contributed by atoms with Crippen molar-refractivity contribution in [2.45, 2.75) is 19.4 Å². The van der Waals surface area contributed by atoms with Gasteiger partial charge in [0.05, 0.1) is 6.04 Å². The minimum absolute atomic E-state index is 0.0592. The minimum Gasteiger partial charge on any atom is -0.354 e. The second-order valence-electron chi connectivity index (χ2n) is 6.66. The van der Waals surface area contributed by atoms with E-state index in [1.165, 1.54) is 12.1 Å². The molecule has 0 bridgehead atoms. The highest BCUT2D eigenvalue weighted by atomic mass is 19.1. The molecule has 144 valence electrons. The Hall–Kier alpha value is -2.73. The predicted octanol–water partition coefficient (Wildman–Crippen LogP) is 2.67. The molecule has 0 aliphatic carbocycles. The van der Waals surface area contributed by atoms with Gasteiger partial charge in [-0.1, -0.05) is 30.3 Å². The van der Waals surface area contributed by atoms with Crippen molar-refractivity contribution in [3.63, 3.8) is 0 Å². The van der Waals surface area contributed by atoms with Gasteiger partial charge in [-0.25, -0.2) is 4.39 Å². The lowest BCUT2D eigenvalue weighted by Gasteiger charge is -2.25. The summed E-state index contributed by atoms with van der Waals surface area (Å²) in [6.45, 7) is 2.55. The molecule has 0 aromatic heterocycles. The Balaban J connectivity index is 1.80. The summed E-state index contributed by atoms with van der Waals surface area (Å²) in [7, 11) is 3.81. The van der Waals surface area contributed by atoms with E-state index in [9.17, 15) is 14.0 Å². The number of hydrogen-bond donors (Lipinski definition) is 2. The number of carbonyl (C=O) groups excluding carboxylic acids is 2. The van der Waals surface area contributed by atoms with E-state index in [0.29, 0.717) is 12.1 Å². The molecule has 2 aromatic carbocycles. The topological polar surface area (TPSA) is 61.4 Å². The lowest BCUT2D eigenvalue weighted by molar-refractivity contribution is -0.121. The normalized spacial score (nSPS) is 11.9. The van der Waals surface area contributed by atoms with E-state index in [1.54, 1.807) is 18.2 Å². The zero-order valence-electron chi connectivity index (χ0n) is 16.0. The van der Waals surface area contributed by atoms with E-state index in [0.717, 1.165) is 11.1 Å².